The second kappa shape index (κ2) is 10.2. The smallest absolute Gasteiger partial charge is 0.441 e. The Balaban J connectivity index is 1.46. The van der Waals surface area contributed by atoms with Crippen molar-refractivity contribution >= 4 is 23.5 Å². The molecule has 2 aromatic rings. The molecule has 0 saturated carbocycles. The fraction of sp³-hybridized carbons (Fsp3) is 0.375. The lowest BCUT2D eigenvalue weighted by Crippen LogP contribution is -2.63. The van der Waals surface area contributed by atoms with Gasteiger partial charge in [0.2, 0.25) is 11.8 Å². The minimum atomic E-state index is -4.83. The fourth-order valence-corrected chi connectivity index (χ4v) is 4.26. The van der Waals surface area contributed by atoms with Crippen molar-refractivity contribution < 1.29 is 41.0 Å². The summed E-state index contributed by atoms with van der Waals surface area (Å²) in [6, 6.07) is 9.35. The number of nitrogens with one attached hydrogen (secondary N) is 2. The molecule has 2 aromatic carbocycles. The summed E-state index contributed by atoms with van der Waals surface area (Å²) in [4.78, 5) is 29.7. The van der Waals surface area contributed by atoms with Crippen LogP contribution < -0.4 is 20.1 Å². The Bertz CT molecular complexity index is 1190. The number of amides is 3. The molecule has 1 fully saturated rings. The highest BCUT2D eigenvalue weighted by Gasteiger charge is 2.58. The number of hydrogen-bond acceptors (Lipinski definition) is 5. The molecule has 8 nitrogen and oxygen atoms in total. The molecule has 37 heavy (non-hydrogen) atoms. The molecule has 13 heteroatoms. The van der Waals surface area contributed by atoms with Gasteiger partial charge in [-0.3, -0.25) is 9.79 Å². The summed E-state index contributed by atoms with van der Waals surface area (Å²) in [6.07, 6.45) is -6.99. The van der Waals surface area contributed by atoms with Crippen molar-refractivity contribution in [2.24, 2.45) is 4.99 Å². The zero-order valence-electron chi connectivity index (χ0n) is 19.5. The van der Waals surface area contributed by atoms with E-state index in [2.05, 4.69) is 20.4 Å². The Morgan fingerprint density at radius 2 is 1.86 bits per heavy atom. The van der Waals surface area contributed by atoms with Crippen LogP contribution in [0.15, 0.2) is 53.5 Å². The number of urea groups is 1. The predicted octanol–water partition coefficient (Wildman–Crippen LogP) is 4.67. The van der Waals surface area contributed by atoms with Crippen molar-refractivity contribution in [3.63, 3.8) is 0 Å². The quantitative estimate of drug-likeness (QED) is 0.423. The summed E-state index contributed by atoms with van der Waals surface area (Å²) in [5.41, 5.74) is -1.49. The average Bonchev–Trinajstić information content (AvgIpc) is 2.84. The van der Waals surface area contributed by atoms with E-state index in [-0.39, 0.29) is 29.3 Å². The summed E-state index contributed by atoms with van der Waals surface area (Å²) < 4.78 is 75.0. The van der Waals surface area contributed by atoms with Gasteiger partial charge in [-0.25, -0.2) is 13.6 Å². The van der Waals surface area contributed by atoms with E-state index < -0.39 is 42.1 Å². The number of alkyl halides is 5. The summed E-state index contributed by atoms with van der Waals surface area (Å²) in [7, 11) is 1.31. The molecule has 1 saturated heterocycles. The molecule has 2 aliphatic heterocycles. The third kappa shape index (κ3) is 5.59. The molecule has 198 valence electrons. The van der Waals surface area contributed by atoms with Crippen LogP contribution in [0.25, 0.3) is 0 Å². The van der Waals surface area contributed by atoms with E-state index >= 15 is 0 Å². The second-order valence-corrected chi connectivity index (χ2v) is 8.54. The molecule has 2 aliphatic rings. The summed E-state index contributed by atoms with van der Waals surface area (Å²) in [6.45, 7) is 0.399. The first-order chi connectivity index (χ1) is 17.5. The highest BCUT2D eigenvalue weighted by Crippen LogP contribution is 2.48. The summed E-state index contributed by atoms with van der Waals surface area (Å²) in [5, 5.41) is 5.19. The molecular formula is C24H23F5N4O4. The number of para-hydroxylation sites is 1. The van der Waals surface area contributed by atoms with Crippen molar-refractivity contribution in [3.8, 4) is 11.5 Å². The number of aliphatic imine (C=N–C) groups is 1. The number of anilines is 1. The minimum absolute atomic E-state index is 0.0928. The van der Waals surface area contributed by atoms with Crippen molar-refractivity contribution in [3.05, 3.63) is 54.1 Å². The Morgan fingerprint density at radius 1 is 1.16 bits per heavy atom. The molecule has 0 aromatic heterocycles. The monoisotopic (exact) mass is 526 g/mol. The third-order valence-corrected chi connectivity index (χ3v) is 6.19. The standard InChI is InChI=1S/C24H23F5N4O4/c1-33-19(34)13-23(33,21(25)26)16-5-2-3-7-18(16)36-20-17(6-4-12-30-20)32-22(35)31-14-8-10-15(11-9-14)37-24(27,28)29/h2-3,5,7-11,17,21H,4,6,12-13H2,1H3,(H2,31,32,35). The zero-order chi connectivity index (χ0) is 26.8. The Morgan fingerprint density at radius 3 is 2.49 bits per heavy atom. The van der Waals surface area contributed by atoms with E-state index in [0.29, 0.717) is 19.4 Å². The van der Waals surface area contributed by atoms with Crippen LogP contribution in [0.4, 0.5) is 32.4 Å². The van der Waals surface area contributed by atoms with E-state index in [4.69, 9.17) is 4.74 Å². The third-order valence-electron chi connectivity index (χ3n) is 6.19. The fourth-order valence-electron chi connectivity index (χ4n) is 4.26. The van der Waals surface area contributed by atoms with Gasteiger partial charge in [0.25, 0.3) is 6.43 Å². The van der Waals surface area contributed by atoms with Gasteiger partial charge in [-0.1, -0.05) is 18.2 Å². The molecule has 2 heterocycles. The SMILES string of the molecule is CN1C(=O)CC1(c1ccccc1OC1=NCCCC1NC(=O)Nc1ccc(OC(F)(F)F)cc1)C(F)F. The first-order valence-corrected chi connectivity index (χ1v) is 11.3. The van der Waals surface area contributed by atoms with Gasteiger partial charge in [-0.2, -0.15) is 0 Å². The molecule has 2 N–H and O–H groups in total. The predicted molar refractivity (Wildman–Crippen MR) is 123 cm³/mol. The van der Waals surface area contributed by atoms with Gasteiger partial charge < -0.3 is 25.0 Å². The summed E-state index contributed by atoms with van der Waals surface area (Å²) >= 11 is 0. The lowest BCUT2D eigenvalue weighted by molar-refractivity contribution is -0.274. The lowest BCUT2D eigenvalue weighted by Gasteiger charge is -2.50. The van der Waals surface area contributed by atoms with Gasteiger partial charge in [-0.05, 0) is 43.2 Å². The van der Waals surface area contributed by atoms with Crippen LogP contribution in [0.3, 0.4) is 0 Å². The Labute approximate surface area is 208 Å². The Kier molecular flexibility index (Phi) is 7.23. The number of hydrogen-bond donors (Lipinski definition) is 2. The lowest BCUT2D eigenvalue weighted by atomic mass is 9.78. The maximum absolute atomic E-state index is 14.2. The molecule has 0 aliphatic carbocycles. The van der Waals surface area contributed by atoms with Crippen LogP contribution in [0.1, 0.15) is 24.8 Å². The molecular weight excluding hydrogens is 503 g/mol. The van der Waals surface area contributed by atoms with Crippen molar-refractivity contribution in [1.29, 1.82) is 0 Å². The molecule has 0 spiro atoms. The largest absolute Gasteiger partial charge is 0.573 e. The van der Waals surface area contributed by atoms with Gasteiger partial charge in [0.05, 0.1) is 6.42 Å². The molecule has 2 unspecified atom stereocenters. The number of carbonyl (C=O) groups excluding carboxylic acids is 2. The van der Waals surface area contributed by atoms with Crippen LogP contribution in [0, 0.1) is 0 Å². The van der Waals surface area contributed by atoms with E-state index in [1.54, 1.807) is 12.1 Å². The minimum Gasteiger partial charge on any atom is -0.441 e. The first kappa shape index (κ1) is 26.2. The number of likely N-dealkylation sites (tertiary alicyclic amines) is 1. The van der Waals surface area contributed by atoms with Gasteiger partial charge in [-0.15, -0.1) is 13.2 Å². The molecule has 0 radical (unpaired) electrons. The van der Waals surface area contributed by atoms with Crippen LogP contribution in [0.5, 0.6) is 11.5 Å². The number of nitrogens with zero attached hydrogens (tertiary/aromatic N) is 2. The summed E-state index contributed by atoms with van der Waals surface area (Å²) in [5.74, 6) is -0.650. The van der Waals surface area contributed by atoms with Crippen LogP contribution in [-0.2, 0) is 10.3 Å². The Hall–Kier alpha value is -3.90. The number of ether oxygens (including phenoxy) is 2. The van der Waals surface area contributed by atoms with Crippen molar-refractivity contribution in [2.45, 2.75) is 43.6 Å². The molecule has 4 rings (SSSR count). The average molecular weight is 526 g/mol. The van der Waals surface area contributed by atoms with Gasteiger partial charge in [0, 0.05) is 24.8 Å². The highest BCUT2D eigenvalue weighted by atomic mass is 19.4. The maximum atomic E-state index is 14.2. The highest BCUT2D eigenvalue weighted by molar-refractivity contribution is 5.94. The zero-order valence-corrected chi connectivity index (χ0v) is 19.5. The first-order valence-electron chi connectivity index (χ1n) is 11.3. The number of halogens is 5. The van der Waals surface area contributed by atoms with E-state index in [1.165, 1.54) is 31.3 Å². The van der Waals surface area contributed by atoms with Crippen LogP contribution in [0.2, 0.25) is 0 Å². The number of carbonyl (C=O) groups is 2. The number of rotatable bonds is 6. The molecule has 0 bridgehead atoms. The molecule has 3 amide bonds. The van der Waals surface area contributed by atoms with Crippen molar-refractivity contribution in [2.75, 3.05) is 18.9 Å². The topological polar surface area (TPSA) is 92.3 Å². The van der Waals surface area contributed by atoms with Gasteiger partial charge >= 0.3 is 12.4 Å². The van der Waals surface area contributed by atoms with E-state index in [9.17, 15) is 31.5 Å². The molecule has 2 atom stereocenters. The van der Waals surface area contributed by atoms with Crippen molar-refractivity contribution in [1.82, 2.24) is 10.2 Å². The maximum Gasteiger partial charge on any atom is 0.573 e. The van der Waals surface area contributed by atoms with Gasteiger partial charge in [0.1, 0.15) is 23.1 Å². The van der Waals surface area contributed by atoms with Crippen LogP contribution in [-0.4, -0.2) is 55.2 Å². The van der Waals surface area contributed by atoms with E-state index in [1.807, 2.05) is 0 Å². The second-order valence-electron chi connectivity index (χ2n) is 8.54. The number of β-lactam (4-membered cyclic amide) rings is 1. The normalized spacial score (nSPS) is 21.7. The van der Waals surface area contributed by atoms with Gasteiger partial charge in [0.15, 0.2) is 0 Å². The number of benzene rings is 2. The van der Waals surface area contributed by atoms with E-state index in [0.717, 1.165) is 17.0 Å². The van der Waals surface area contributed by atoms with Crippen LogP contribution >= 0.6 is 0 Å².